The molecular weight excluding hydrogens is 1100 g/mol. The molecule has 0 saturated carbocycles. The van der Waals surface area contributed by atoms with Crippen LogP contribution in [0.25, 0.3) is 0 Å². The molecule has 2 rings (SSSR count). The number of carbonyl (C=O) groups is 7. The van der Waals surface area contributed by atoms with Gasteiger partial charge < -0.3 is 48.3 Å². The molecule has 0 fully saturated rings. The highest BCUT2D eigenvalue weighted by Gasteiger charge is 2.34. The lowest BCUT2D eigenvalue weighted by Crippen LogP contribution is -2.55. The van der Waals surface area contributed by atoms with Gasteiger partial charge in [-0.15, -0.1) is 0 Å². The first kappa shape index (κ1) is 78.3. The van der Waals surface area contributed by atoms with E-state index in [1.807, 2.05) is 0 Å². The van der Waals surface area contributed by atoms with Gasteiger partial charge in [-0.05, 0) is 87.1 Å². The van der Waals surface area contributed by atoms with Gasteiger partial charge in [0.15, 0.2) is 0 Å². The van der Waals surface area contributed by atoms with Crippen molar-refractivity contribution in [3.8, 4) is 11.8 Å². The third-order valence-electron chi connectivity index (χ3n) is 16.6. The van der Waals surface area contributed by atoms with Gasteiger partial charge in [0.2, 0.25) is 29.5 Å². The second-order valence-corrected chi connectivity index (χ2v) is 24.4. The van der Waals surface area contributed by atoms with E-state index in [2.05, 4.69) is 76.0 Å². The predicted molar refractivity (Wildman–Crippen MR) is 358 cm³/mol. The highest BCUT2D eigenvalue weighted by atomic mass is 16.2. The number of carbonyl (C=O) groups excluding carboxylic acids is 7. The van der Waals surface area contributed by atoms with Gasteiger partial charge in [0.1, 0.15) is 0 Å². The smallest absolute Gasteiger partial charge is 0.253 e. The third kappa shape index (κ3) is 40.7. The Balaban J connectivity index is 2.28. The van der Waals surface area contributed by atoms with Crippen LogP contribution in [0.1, 0.15) is 297 Å². The Bertz CT molecular complexity index is 2120. The SMILES string of the molecule is CCCCCCCCCCCCNC(=O)CCC(CCC(=O)NCCCCCCCCCCCC)(CCC(=O)NCCCCCCCCCCCC)NC(=O)c1ccc(C#Cc2ccc(C(=O)N(CCC(=O)NCC[NH3+])CCC(=O)NCC[NH3+])cc2)cc1. The van der Waals surface area contributed by atoms with Crippen molar-refractivity contribution in [3.63, 3.8) is 0 Å². The highest BCUT2D eigenvalue weighted by Crippen LogP contribution is 2.27. The lowest BCUT2D eigenvalue weighted by Gasteiger charge is -2.35. The minimum absolute atomic E-state index is 0.0892. The molecule has 0 radical (unpaired) electrons. The fourth-order valence-corrected chi connectivity index (χ4v) is 10.9. The van der Waals surface area contributed by atoms with E-state index in [9.17, 15) is 33.6 Å². The van der Waals surface area contributed by atoms with Crippen molar-refractivity contribution >= 4 is 41.4 Å². The van der Waals surface area contributed by atoms with Crippen LogP contribution < -0.4 is 43.4 Å². The van der Waals surface area contributed by atoms with Crippen LogP contribution in [0.5, 0.6) is 0 Å². The molecule has 0 aliphatic rings. The number of quaternary nitrogens is 2. The maximum atomic E-state index is 14.5. The monoisotopic (exact) mass is 1230 g/mol. The van der Waals surface area contributed by atoms with E-state index in [4.69, 9.17) is 0 Å². The minimum atomic E-state index is -1.04. The summed E-state index contributed by atoms with van der Waals surface area (Å²) in [6, 6.07) is 13.8. The number of rotatable bonds is 55. The summed E-state index contributed by atoms with van der Waals surface area (Å²) in [5, 5.41) is 18.2. The van der Waals surface area contributed by atoms with Crippen molar-refractivity contribution in [3.05, 3.63) is 70.8 Å². The number of amides is 7. The highest BCUT2D eigenvalue weighted by molar-refractivity contribution is 5.96. The second kappa shape index (κ2) is 53.1. The number of benzene rings is 2. The summed E-state index contributed by atoms with van der Waals surface area (Å²) < 4.78 is 0. The first-order valence-corrected chi connectivity index (χ1v) is 35.1. The molecule has 2 aromatic rings. The first-order valence-electron chi connectivity index (χ1n) is 35.1. The molecule has 0 heterocycles. The van der Waals surface area contributed by atoms with Crippen LogP contribution >= 0.6 is 0 Å². The topological polar surface area (TPSA) is 250 Å². The van der Waals surface area contributed by atoms with Gasteiger partial charge in [-0.1, -0.05) is 206 Å². The first-order chi connectivity index (χ1) is 42.9. The summed E-state index contributed by atoms with van der Waals surface area (Å²) >= 11 is 0. The molecule has 2 aromatic carbocycles. The van der Waals surface area contributed by atoms with Gasteiger partial charge in [-0.25, -0.2) is 0 Å². The fourth-order valence-electron chi connectivity index (χ4n) is 10.9. The minimum Gasteiger partial charge on any atom is -0.356 e. The lowest BCUT2D eigenvalue weighted by atomic mass is 9.82. The van der Waals surface area contributed by atoms with Gasteiger partial charge in [-0.3, -0.25) is 33.6 Å². The summed E-state index contributed by atoms with van der Waals surface area (Å²) in [6.07, 6.45) is 37.5. The van der Waals surface area contributed by atoms with Crippen LogP contribution in [-0.2, 0) is 24.0 Å². The van der Waals surface area contributed by atoms with Crippen molar-refractivity contribution < 1.29 is 45.0 Å². The zero-order chi connectivity index (χ0) is 64.0. The molecule has 7 amide bonds. The van der Waals surface area contributed by atoms with Crippen LogP contribution in [0, 0.1) is 11.8 Å². The van der Waals surface area contributed by atoms with Crippen LogP contribution in [0.2, 0.25) is 0 Å². The maximum Gasteiger partial charge on any atom is 0.253 e. The van der Waals surface area contributed by atoms with Crippen molar-refractivity contribution in [2.75, 3.05) is 58.9 Å². The van der Waals surface area contributed by atoms with Gasteiger partial charge in [0, 0.05) is 92.6 Å². The van der Waals surface area contributed by atoms with E-state index in [1.165, 1.54) is 140 Å². The van der Waals surface area contributed by atoms with E-state index >= 15 is 0 Å². The molecule has 0 aliphatic carbocycles. The second-order valence-electron chi connectivity index (χ2n) is 24.4. The fraction of sp³-hybridized carbons (Fsp3) is 0.708. The molecule has 0 aliphatic heterocycles. The van der Waals surface area contributed by atoms with E-state index in [0.29, 0.717) is 68.1 Å². The van der Waals surface area contributed by atoms with Gasteiger partial charge in [0.25, 0.3) is 11.8 Å². The zero-order valence-corrected chi connectivity index (χ0v) is 55.6. The Morgan fingerprint density at radius 2 is 0.636 bits per heavy atom. The Hall–Kier alpha value is -5.79. The number of unbranched alkanes of at least 4 members (excludes halogenated alkanes) is 27. The van der Waals surface area contributed by atoms with E-state index < -0.39 is 5.54 Å². The van der Waals surface area contributed by atoms with E-state index in [-0.39, 0.29) is 106 Å². The summed E-state index contributed by atoms with van der Waals surface area (Å²) in [5.41, 5.74) is 8.55. The van der Waals surface area contributed by atoms with Gasteiger partial charge in [-0.2, -0.15) is 0 Å². The number of nitrogens with zero attached hydrogens (tertiary/aromatic N) is 1. The molecule has 0 bridgehead atoms. The molecule has 16 nitrogen and oxygen atoms in total. The zero-order valence-electron chi connectivity index (χ0n) is 55.6. The van der Waals surface area contributed by atoms with Crippen LogP contribution in [0.15, 0.2) is 48.5 Å². The molecule has 0 spiro atoms. The standard InChI is InChI=1S/C72H121N9O7/c1-4-7-10-13-16-19-22-25-28-31-54-75-65(82)44-49-72(50-45-66(83)76-55-32-29-26-23-20-17-14-11-8-5-2,51-46-67(84)77-56-33-30-27-24-21-18-15-12-9-6-3)80-70(87)63-40-36-61(37-41-63)34-35-62-38-42-64(43-39-62)71(88)81(59-47-68(85)78-57-52-73)60-48-69(86)79-58-53-74/h36-43H,4-33,44-60,73-74H2,1-3H3,(H,75,82)(H,76,83)(H,77,84)(H,78,85)(H,79,86)(H,80,87)/p+2. The molecule has 496 valence electrons. The normalized spacial score (nSPS) is 11.1. The summed E-state index contributed by atoms with van der Waals surface area (Å²) in [6.45, 7) is 10.7. The van der Waals surface area contributed by atoms with Gasteiger partial charge >= 0.3 is 0 Å². The average Bonchev–Trinajstić information content (AvgIpc) is 3.57. The molecular formula is C72H123N9O7+2. The number of hydrogen-bond donors (Lipinski definition) is 8. The van der Waals surface area contributed by atoms with Gasteiger partial charge in [0.05, 0.1) is 26.2 Å². The van der Waals surface area contributed by atoms with Crippen LogP contribution in [0.3, 0.4) is 0 Å². The van der Waals surface area contributed by atoms with Crippen LogP contribution in [-0.4, -0.2) is 111 Å². The molecule has 0 unspecified atom stereocenters. The molecule has 88 heavy (non-hydrogen) atoms. The quantitative estimate of drug-likeness (QED) is 0.0235. The summed E-state index contributed by atoms with van der Waals surface area (Å²) in [4.78, 5) is 95.4. The van der Waals surface area contributed by atoms with E-state index in [1.54, 1.807) is 48.5 Å². The lowest BCUT2D eigenvalue weighted by molar-refractivity contribution is -0.365. The molecule has 16 heteroatoms. The molecule has 0 atom stereocenters. The van der Waals surface area contributed by atoms with Crippen molar-refractivity contribution in [2.45, 2.75) is 270 Å². The van der Waals surface area contributed by atoms with Crippen molar-refractivity contribution in [1.82, 2.24) is 36.8 Å². The van der Waals surface area contributed by atoms with Crippen molar-refractivity contribution in [1.29, 1.82) is 0 Å². The van der Waals surface area contributed by atoms with Crippen LogP contribution in [0.4, 0.5) is 0 Å². The predicted octanol–water partition coefficient (Wildman–Crippen LogP) is 10.9. The Morgan fingerprint density at radius 3 is 0.943 bits per heavy atom. The summed E-state index contributed by atoms with van der Waals surface area (Å²) in [5.74, 6) is 4.91. The maximum absolute atomic E-state index is 14.5. The number of hydrogen-bond acceptors (Lipinski definition) is 7. The molecule has 0 aromatic heterocycles. The van der Waals surface area contributed by atoms with E-state index in [0.717, 1.165) is 57.8 Å². The summed E-state index contributed by atoms with van der Waals surface area (Å²) in [7, 11) is 0. The number of nitrogens with one attached hydrogen (secondary N) is 6. The Morgan fingerprint density at radius 1 is 0.364 bits per heavy atom. The molecule has 0 saturated heterocycles. The molecule has 12 N–H and O–H groups in total. The van der Waals surface area contributed by atoms with Crippen molar-refractivity contribution in [2.24, 2.45) is 0 Å². The Kier molecular flexibility index (Phi) is 47.2. The Labute approximate surface area is 532 Å². The largest absolute Gasteiger partial charge is 0.356 e. The average molecular weight is 1230 g/mol. The third-order valence-corrected chi connectivity index (χ3v) is 16.6.